The molecule has 2 nitrogen and oxygen atoms in total. The molecule has 0 fully saturated rings. The van der Waals surface area contributed by atoms with Crippen molar-refractivity contribution in [1.82, 2.24) is 4.98 Å². The maximum Gasteiger partial charge on any atom is 0.111 e. The van der Waals surface area contributed by atoms with Gasteiger partial charge in [0.15, 0.2) is 0 Å². The monoisotopic (exact) mass is 201 g/mol. The molecule has 0 spiro atoms. The van der Waals surface area contributed by atoms with Crippen LogP contribution in [0, 0.1) is 6.92 Å². The number of aryl methyl sites for hydroxylation is 1. The molecule has 0 aliphatic heterocycles. The highest BCUT2D eigenvalue weighted by atomic mass is 79.9. The van der Waals surface area contributed by atoms with Crippen LogP contribution in [0.2, 0.25) is 0 Å². The Hall–Kier alpha value is -0.410. The fraction of sp³-hybridized carbons (Fsp3) is 0.286. The highest BCUT2D eigenvalue weighted by Gasteiger charge is 1.97. The molecule has 0 aromatic carbocycles. The second-order valence-corrected chi connectivity index (χ2v) is 2.81. The molecule has 54 valence electrons. The van der Waals surface area contributed by atoms with Crippen LogP contribution < -0.4 is 0 Å². The van der Waals surface area contributed by atoms with Gasteiger partial charge >= 0.3 is 0 Å². The van der Waals surface area contributed by atoms with Crippen molar-refractivity contribution in [1.29, 1.82) is 0 Å². The Morgan fingerprint density at radius 1 is 1.60 bits per heavy atom. The minimum atomic E-state index is 0.0356. The molecule has 0 saturated heterocycles. The molecular weight excluding hydrogens is 194 g/mol. The van der Waals surface area contributed by atoms with Crippen LogP contribution in [0.5, 0.6) is 0 Å². The SMILES string of the molecule is Cc1ccc(CO)c(Br)n1. The molecule has 0 aliphatic rings. The smallest absolute Gasteiger partial charge is 0.111 e. The van der Waals surface area contributed by atoms with E-state index in [1.54, 1.807) is 0 Å². The Morgan fingerprint density at radius 3 is 2.80 bits per heavy atom. The van der Waals surface area contributed by atoms with Crippen molar-refractivity contribution >= 4 is 15.9 Å². The average Bonchev–Trinajstić information content (AvgIpc) is 1.88. The number of nitrogens with zero attached hydrogens (tertiary/aromatic N) is 1. The van der Waals surface area contributed by atoms with Gasteiger partial charge in [0.1, 0.15) is 4.60 Å². The molecular formula is C7H8BrNO. The van der Waals surface area contributed by atoms with Gasteiger partial charge in [0.25, 0.3) is 0 Å². The topological polar surface area (TPSA) is 33.1 Å². The number of pyridine rings is 1. The molecule has 1 rings (SSSR count). The van der Waals surface area contributed by atoms with Gasteiger partial charge in [-0.05, 0) is 28.9 Å². The molecule has 0 amide bonds. The van der Waals surface area contributed by atoms with Crippen LogP contribution >= 0.6 is 15.9 Å². The number of hydrogen-bond acceptors (Lipinski definition) is 2. The van der Waals surface area contributed by atoms with Crippen molar-refractivity contribution in [2.45, 2.75) is 13.5 Å². The Morgan fingerprint density at radius 2 is 2.30 bits per heavy atom. The summed E-state index contributed by atoms with van der Waals surface area (Å²) in [6, 6.07) is 3.72. The summed E-state index contributed by atoms with van der Waals surface area (Å²) in [6.07, 6.45) is 0. The first-order valence-corrected chi connectivity index (χ1v) is 3.76. The second-order valence-electron chi connectivity index (χ2n) is 2.06. The number of aromatic nitrogens is 1. The third-order valence-electron chi connectivity index (χ3n) is 1.24. The van der Waals surface area contributed by atoms with E-state index in [0.29, 0.717) is 0 Å². The molecule has 0 atom stereocenters. The summed E-state index contributed by atoms with van der Waals surface area (Å²) in [6.45, 7) is 1.94. The molecule has 10 heavy (non-hydrogen) atoms. The molecule has 0 saturated carbocycles. The molecule has 1 N–H and O–H groups in total. The van der Waals surface area contributed by atoms with Crippen molar-refractivity contribution < 1.29 is 5.11 Å². The van der Waals surface area contributed by atoms with E-state index in [1.165, 1.54) is 0 Å². The van der Waals surface area contributed by atoms with Gasteiger partial charge in [0.05, 0.1) is 6.61 Å². The van der Waals surface area contributed by atoms with Gasteiger partial charge in [0, 0.05) is 11.3 Å². The number of aliphatic hydroxyl groups is 1. The van der Waals surface area contributed by atoms with Crippen molar-refractivity contribution in [2.75, 3.05) is 0 Å². The number of halogens is 1. The fourth-order valence-electron chi connectivity index (χ4n) is 0.672. The molecule has 1 heterocycles. The lowest BCUT2D eigenvalue weighted by atomic mass is 10.3. The van der Waals surface area contributed by atoms with Gasteiger partial charge in [-0.3, -0.25) is 0 Å². The Bertz CT molecular complexity index is 237. The molecule has 3 heteroatoms. The molecule has 1 aromatic rings. The molecule has 0 bridgehead atoms. The Balaban J connectivity index is 3.07. The zero-order valence-electron chi connectivity index (χ0n) is 5.63. The van der Waals surface area contributed by atoms with Crippen LogP contribution in [0.4, 0.5) is 0 Å². The van der Waals surface area contributed by atoms with Crippen molar-refractivity contribution in [2.24, 2.45) is 0 Å². The van der Waals surface area contributed by atoms with E-state index in [0.717, 1.165) is 15.9 Å². The van der Waals surface area contributed by atoms with Gasteiger partial charge in [-0.25, -0.2) is 4.98 Å². The van der Waals surface area contributed by atoms with E-state index in [-0.39, 0.29) is 6.61 Å². The van der Waals surface area contributed by atoms with Gasteiger partial charge in [0.2, 0.25) is 0 Å². The summed E-state index contributed by atoms with van der Waals surface area (Å²) in [7, 11) is 0. The van der Waals surface area contributed by atoms with Crippen LogP contribution in [0.3, 0.4) is 0 Å². The number of hydrogen-bond donors (Lipinski definition) is 1. The minimum absolute atomic E-state index is 0.0356. The van der Waals surface area contributed by atoms with E-state index in [4.69, 9.17) is 5.11 Å². The average molecular weight is 202 g/mol. The van der Waals surface area contributed by atoms with Crippen molar-refractivity contribution in [3.8, 4) is 0 Å². The van der Waals surface area contributed by atoms with Crippen LogP contribution in [-0.2, 0) is 6.61 Å². The van der Waals surface area contributed by atoms with Crippen molar-refractivity contribution in [3.63, 3.8) is 0 Å². The predicted octanol–water partition coefficient (Wildman–Crippen LogP) is 1.64. The van der Waals surface area contributed by atoms with Gasteiger partial charge in [-0.2, -0.15) is 0 Å². The van der Waals surface area contributed by atoms with E-state index < -0.39 is 0 Å². The van der Waals surface area contributed by atoms with E-state index >= 15 is 0 Å². The summed E-state index contributed by atoms with van der Waals surface area (Å²) < 4.78 is 0.731. The molecule has 0 radical (unpaired) electrons. The van der Waals surface area contributed by atoms with Crippen LogP contribution in [0.15, 0.2) is 16.7 Å². The largest absolute Gasteiger partial charge is 0.392 e. The summed E-state index contributed by atoms with van der Waals surface area (Å²) in [4.78, 5) is 4.10. The van der Waals surface area contributed by atoms with Crippen LogP contribution in [0.1, 0.15) is 11.3 Å². The maximum atomic E-state index is 8.74. The lowest BCUT2D eigenvalue weighted by Crippen LogP contribution is -1.89. The zero-order valence-corrected chi connectivity index (χ0v) is 7.22. The first-order chi connectivity index (χ1) is 4.74. The lowest BCUT2D eigenvalue weighted by molar-refractivity contribution is 0.280. The third-order valence-corrected chi connectivity index (χ3v) is 1.92. The quantitative estimate of drug-likeness (QED) is 0.702. The Kier molecular flexibility index (Phi) is 2.40. The van der Waals surface area contributed by atoms with E-state index in [1.807, 2.05) is 19.1 Å². The maximum absolute atomic E-state index is 8.74. The van der Waals surface area contributed by atoms with Crippen LogP contribution in [0.25, 0.3) is 0 Å². The highest BCUT2D eigenvalue weighted by molar-refractivity contribution is 9.10. The summed E-state index contributed by atoms with van der Waals surface area (Å²) in [5.41, 5.74) is 1.77. The first kappa shape index (κ1) is 7.69. The highest BCUT2D eigenvalue weighted by Crippen LogP contribution is 2.13. The summed E-state index contributed by atoms with van der Waals surface area (Å²) >= 11 is 3.24. The zero-order chi connectivity index (χ0) is 7.56. The lowest BCUT2D eigenvalue weighted by Gasteiger charge is -1.98. The fourth-order valence-corrected chi connectivity index (χ4v) is 1.21. The number of rotatable bonds is 1. The molecule has 1 aromatic heterocycles. The second kappa shape index (κ2) is 3.12. The van der Waals surface area contributed by atoms with Crippen LogP contribution in [-0.4, -0.2) is 10.1 Å². The molecule has 0 aliphatic carbocycles. The van der Waals surface area contributed by atoms with E-state index in [9.17, 15) is 0 Å². The van der Waals surface area contributed by atoms with Gasteiger partial charge in [-0.1, -0.05) is 6.07 Å². The summed E-state index contributed by atoms with van der Waals surface area (Å²) in [5.74, 6) is 0. The molecule has 0 unspecified atom stereocenters. The van der Waals surface area contributed by atoms with E-state index in [2.05, 4.69) is 20.9 Å². The standard InChI is InChI=1S/C7H8BrNO/c1-5-2-3-6(4-10)7(8)9-5/h2-3,10H,4H2,1H3. The Labute approximate surface area is 68.0 Å². The predicted molar refractivity (Wildman–Crippen MR) is 42.6 cm³/mol. The van der Waals surface area contributed by atoms with Gasteiger partial charge < -0.3 is 5.11 Å². The first-order valence-electron chi connectivity index (χ1n) is 2.97. The normalized spacial score (nSPS) is 9.90. The minimum Gasteiger partial charge on any atom is -0.392 e. The third kappa shape index (κ3) is 1.55. The summed E-state index contributed by atoms with van der Waals surface area (Å²) in [5, 5.41) is 8.74. The van der Waals surface area contributed by atoms with Gasteiger partial charge in [-0.15, -0.1) is 0 Å². The van der Waals surface area contributed by atoms with Crippen molar-refractivity contribution in [3.05, 3.63) is 28.0 Å². The number of aliphatic hydroxyl groups excluding tert-OH is 1.